The Bertz CT molecular complexity index is 487. The highest BCUT2D eigenvalue weighted by molar-refractivity contribution is 6.62. The lowest BCUT2D eigenvalue weighted by atomic mass is 9.77. The number of hydrogen-bond donors (Lipinski definition) is 1. The van der Waals surface area contributed by atoms with E-state index in [1.54, 1.807) is 13.3 Å². The average Bonchev–Trinajstić information content (AvgIpc) is 2.51. The second-order valence-electron chi connectivity index (χ2n) is 5.85. The highest BCUT2D eigenvalue weighted by atomic mass is 16.7. The summed E-state index contributed by atoms with van der Waals surface area (Å²) < 4.78 is 17.1. The van der Waals surface area contributed by atoms with Crippen molar-refractivity contribution in [3.05, 3.63) is 11.8 Å². The van der Waals surface area contributed by atoms with E-state index in [-0.39, 0.29) is 11.2 Å². The van der Waals surface area contributed by atoms with Gasteiger partial charge < -0.3 is 19.8 Å². The maximum absolute atomic E-state index is 6.00. The third-order valence-corrected chi connectivity index (χ3v) is 4.09. The third kappa shape index (κ3) is 2.19. The molecule has 5 nitrogen and oxygen atoms in total. The molecular formula is C13H21BN2O3. The van der Waals surface area contributed by atoms with Crippen molar-refractivity contribution in [1.82, 2.24) is 4.98 Å². The number of rotatable bonds is 2. The number of nitrogens with two attached hydrogens (primary N) is 1. The van der Waals surface area contributed by atoms with Gasteiger partial charge in [0.2, 0.25) is 5.88 Å². The summed E-state index contributed by atoms with van der Waals surface area (Å²) in [6.45, 7) is 9.98. The van der Waals surface area contributed by atoms with Crippen molar-refractivity contribution in [3.8, 4) is 5.88 Å². The predicted octanol–water partition coefficient (Wildman–Crippen LogP) is 1.28. The van der Waals surface area contributed by atoms with E-state index < -0.39 is 7.12 Å². The van der Waals surface area contributed by atoms with Crippen LogP contribution in [0.25, 0.3) is 0 Å². The van der Waals surface area contributed by atoms with Crippen LogP contribution in [-0.4, -0.2) is 30.4 Å². The van der Waals surface area contributed by atoms with E-state index in [9.17, 15) is 0 Å². The van der Waals surface area contributed by atoms with Gasteiger partial charge in [-0.3, -0.25) is 0 Å². The summed E-state index contributed by atoms with van der Waals surface area (Å²) in [6, 6.07) is 0. The zero-order valence-electron chi connectivity index (χ0n) is 12.4. The molecule has 0 bridgehead atoms. The maximum atomic E-state index is 6.00. The summed E-state index contributed by atoms with van der Waals surface area (Å²) >= 11 is 0. The van der Waals surface area contributed by atoms with Crippen LogP contribution in [0.1, 0.15) is 33.3 Å². The molecule has 19 heavy (non-hydrogen) atoms. The summed E-state index contributed by atoms with van der Waals surface area (Å²) in [6.07, 6.45) is 1.70. The van der Waals surface area contributed by atoms with Crippen LogP contribution in [0.3, 0.4) is 0 Å². The third-order valence-electron chi connectivity index (χ3n) is 4.09. The van der Waals surface area contributed by atoms with Gasteiger partial charge in [-0.05, 0) is 40.2 Å². The Morgan fingerprint density at radius 1 is 1.21 bits per heavy atom. The molecule has 1 aromatic rings. The molecule has 0 saturated carbocycles. The van der Waals surface area contributed by atoms with Gasteiger partial charge in [0.25, 0.3) is 0 Å². The second-order valence-corrected chi connectivity index (χ2v) is 5.85. The van der Waals surface area contributed by atoms with Gasteiger partial charge in [-0.2, -0.15) is 0 Å². The number of nitrogen functional groups attached to an aromatic ring is 1. The molecule has 1 aromatic heterocycles. The lowest BCUT2D eigenvalue weighted by Gasteiger charge is -2.32. The summed E-state index contributed by atoms with van der Waals surface area (Å²) in [7, 11) is 1.10. The van der Waals surface area contributed by atoms with Crippen molar-refractivity contribution >= 4 is 18.3 Å². The van der Waals surface area contributed by atoms with E-state index in [0.717, 1.165) is 11.0 Å². The Morgan fingerprint density at radius 3 is 2.21 bits per heavy atom. The van der Waals surface area contributed by atoms with Crippen LogP contribution in [0.15, 0.2) is 6.20 Å². The molecule has 2 heterocycles. The maximum Gasteiger partial charge on any atom is 0.496 e. The average molecular weight is 264 g/mol. The highest BCUT2D eigenvalue weighted by Gasteiger charge is 2.52. The smallest absolute Gasteiger partial charge is 0.480 e. The highest BCUT2D eigenvalue weighted by Crippen LogP contribution is 2.37. The van der Waals surface area contributed by atoms with E-state index in [1.807, 2.05) is 34.6 Å². The minimum absolute atomic E-state index is 0.376. The summed E-state index contributed by atoms with van der Waals surface area (Å²) in [5, 5.41) is 0. The molecule has 0 atom stereocenters. The van der Waals surface area contributed by atoms with Crippen molar-refractivity contribution in [2.45, 2.75) is 45.8 Å². The molecule has 0 radical (unpaired) electrons. The van der Waals surface area contributed by atoms with Crippen molar-refractivity contribution in [1.29, 1.82) is 0 Å². The fourth-order valence-corrected chi connectivity index (χ4v) is 1.98. The Labute approximate surface area is 114 Å². The number of ether oxygens (including phenoxy) is 1. The topological polar surface area (TPSA) is 66.6 Å². The summed E-state index contributed by atoms with van der Waals surface area (Å²) in [5.41, 5.74) is 7.49. The Hall–Kier alpha value is -1.27. The minimum atomic E-state index is -0.453. The minimum Gasteiger partial charge on any atom is -0.480 e. The molecule has 0 amide bonds. The lowest BCUT2D eigenvalue weighted by Crippen LogP contribution is -2.41. The van der Waals surface area contributed by atoms with Crippen molar-refractivity contribution in [3.63, 3.8) is 0 Å². The zero-order valence-corrected chi connectivity index (χ0v) is 12.4. The molecule has 2 rings (SSSR count). The van der Waals surface area contributed by atoms with Crippen molar-refractivity contribution < 1.29 is 14.0 Å². The van der Waals surface area contributed by atoms with Crippen LogP contribution >= 0.6 is 0 Å². The largest absolute Gasteiger partial charge is 0.496 e. The van der Waals surface area contributed by atoms with Crippen LogP contribution in [0.5, 0.6) is 5.88 Å². The van der Waals surface area contributed by atoms with Crippen LogP contribution in [0.4, 0.5) is 5.69 Å². The van der Waals surface area contributed by atoms with Gasteiger partial charge in [0.05, 0.1) is 24.0 Å². The van der Waals surface area contributed by atoms with Gasteiger partial charge in [0.1, 0.15) is 0 Å². The molecule has 0 aliphatic carbocycles. The molecular weight excluding hydrogens is 243 g/mol. The first-order valence-corrected chi connectivity index (χ1v) is 6.34. The number of hydrogen-bond acceptors (Lipinski definition) is 5. The van der Waals surface area contributed by atoms with Gasteiger partial charge in [-0.25, -0.2) is 4.98 Å². The number of aromatic nitrogens is 1. The van der Waals surface area contributed by atoms with E-state index in [1.165, 1.54) is 0 Å². The van der Waals surface area contributed by atoms with Gasteiger partial charge in [0.15, 0.2) is 0 Å². The standard InChI is InChI=1S/C13H21BN2O3/c1-8-9(7-16-11(17-6)10(8)15)14-18-12(2,3)13(4,5)19-14/h7H,15H2,1-6H3. The molecule has 1 aliphatic heterocycles. The van der Waals surface area contributed by atoms with Gasteiger partial charge in [-0.1, -0.05) is 0 Å². The van der Waals surface area contributed by atoms with Crippen molar-refractivity contribution in [2.75, 3.05) is 12.8 Å². The predicted molar refractivity (Wildman–Crippen MR) is 75.7 cm³/mol. The first-order chi connectivity index (χ1) is 8.69. The number of nitrogens with zero attached hydrogens (tertiary/aromatic N) is 1. The number of pyridine rings is 1. The quantitative estimate of drug-likeness (QED) is 0.815. The fraction of sp³-hybridized carbons (Fsp3) is 0.615. The number of anilines is 1. The van der Waals surface area contributed by atoms with Gasteiger partial charge in [-0.15, -0.1) is 0 Å². The molecule has 6 heteroatoms. The molecule has 0 unspecified atom stereocenters. The normalized spacial score (nSPS) is 20.6. The fourth-order valence-electron chi connectivity index (χ4n) is 1.98. The molecule has 104 valence electrons. The molecule has 2 N–H and O–H groups in total. The summed E-state index contributed by atoms with van der Waals surface area (Å²) in [5.74, 6) is 0.428. The zero-order chi connectivity index (χ0) is 14.4. The Kier molecular flexibility index (Phi) is 3.27. The molecule has 0 aromatic carbocycles. The molecule has 1 aliphatic rings. The van der Waals surface area contributed by atoms with Crippen LogP contribution in [-0.2, 0) is 9.31 Å². The van der Waals surface area contributed by atoms with Gasteiger partial charge >= 0.3 is 7.12 Å². The molecule has 1 fully saturated rings. The van der Waals surface area contributed by atoms with E-state index in [4.69, 9.17) is 19.8 Å². The molecule has 1 saturated heterocycles. The molecule has 0 spiro atoms. The SMILES string of the molecule is COc1ncc(B2OC(C)(C)C(C)(C)O2)c(C)c1N. The van der Waals surface area contributed by atoms with E-state index in [0.29, 0.717) is 11.6 Å². The van der Waals surface area contributed by atoms with Crippen LogP contribution in [0.2, 0.25) is 0 Å². The first-order valence-electron chi connectivity index (χ1n) is 6.34. The van der Waals surface area contributed by atoms with Crippen LogP contribution in [0, 0.1) is 6.92 Å². The number of methoxy groups -OCH3 is 1. The summed E-state index contributed by atoms with van der Waals surface area (Å²) in [4.78, 5) is 4.19. The first kappa shape index (κ1) is 14.2. The Balaban J connectivity index is 2.38. The van der Waals surface area contributed by atoms with Crippen molar-refractivity contribution in [2.24, 2.45) is 0 Å². The Morgan fingerprint density at radius 2 is 1.74 bits per heavy atom. The van der Waals surface area contributed by atoms with Crippen LogP contribution < -0.4 is 15.9 Å². The second kappa shape index (κ2) is 4.39. The van der Waals surface area contributed by atoms with Gasteiger partial charge in [0, 0.05) is 11.7 Å². The lowest BCUT2D eigenvalue weighted by molar-refractivity contribution is 0.00578. The van der Waals surface area contributed by atoms with E-state index in [2.05, 4.69) is 4.98 Å². The van der Waals surface area contributed by atoms with E-state index >= 15 is 0 Å². The monoisotopic (exact) mass is 264 g/mol.